The molecule has 0 bridgehead atoms. The molecule has 2 unspecified atom stereocenters. The largest absolute Gasteiger partial charge is 0.371 e. The lowest BCUT2D eigenvalue weighted by atomic mass is 10.1. The van der Waals surface area contributed by atoms with Crippen LogP contribution in [0.4, 0.5) is 11.4 Å². The standard InChI is InChI=1S/C16H23N3O/c1-3-7-17-15-13-5-4-12(9-14(13)18-16(15)20)19-8-6-11(2)10-19/h4-5,9,11,15,17H,3,6-8,10H2,1-2H3,(H,18,20). The molecule has 1 amide bonds. The Morgan fingerprint density at radius 1 is 1.45 bits per heavy atom. The van der Waals surface area contributed by atoms with Gasteiger partial charge in [-0.15, -0.1) is 0 Å². The van der Waals surface area contributed by atoms with Crippen molar-refractivity contribution in [2.24, 2.45) is 5.92 Å². The minimum atomic E-state index is -0.184. The van der Waals surface area contributed by atoms with Crippen molar-refractivity contribution in [1.29, 1.82) is 0 Å². The van der Waals surface area contributed by atoms with E-state index in [2.05, 4.69) is 47.6 Å². The molecule has 1 aromatic rings. The number of benzene rings is 1. The lowest BCUT2D eigenvalue weighted by Gasteiger charge is -2.19. The van der Waals surface area contributed by atoms with E-state index in [1.54, 1.807) is 0 Å². The summed E-state index contributed by atoms with van der Waals surface area (Å²) in [5.41, 5.74) is 3.28. The number of nitrogens with zero attached hydrogens (tertiary/aromatic N) is 1. The van der Waals surface area contributed by atoms with E-state index in [0.717, 1.165) is 43.2 Å². The van der Waals surface area contributed by atoms with Crippen molar-refractivity contribution >= 4 is 17.3 Å². The number of anilines is 2. The molecule has 3 rings (SSSR count). The molecule has 108 valence electrons. The third kappa shape index (κ3) is 2.40. The van der Waals surface area contributed by atoms with Gasteiger partial charge in [-0.3, -0.25) is 4.79 Å². The van der Waals surface area contributed by atoms with Crippen molar-refractivity contribution < 1.29 is 4.79 Å². The number of hydrogen-bond acceptors (Lipinski definition) is 3. The predicted octanol–water partition coefficient (Wildman–Crippen LogP) is 2.53. The van der Waals surface area contributed by atoms with E-state index in [-0.39, 0.29) is 11.9 Å². The van der Waals surface area contributed by atoms with Crippen molar-refractivity contribution in [3.05, 3.63) is 23.8 Å². The van der Waals surface area contributed by atoms with Gasteiger partial charge in [0, 0.05) is 30.0 Å². The number of fused-ring (bicyclic) bond motifs is 1. The van der Waals surface area contributed by atoms with Gasteiger partial charge in [-0.05, 0) is 37.4 Å². The summed E-state index contributed by atoms with van der Waals surface area (Å²) in [7, 11) is 0. The number of carbonyl (C=O) groups excluding carboxylic acids is 1. The Hall–Kier alpha value is -1.55. The summed E-state index contributed by atoms with van der Waals surface area (Å²) in [4.78, 5) is 14.4. The van der Waals surface area contributed by atoms with Crippen LogP contribution >= 0.6 is 0 Å². The maximum Gasteiger partial charge on any atom is 0.246 e. The highest BCUT2D eigenvalue weighted by molar-refractivity contribution is 6.03. The maximum atomic E-state index is 12.0. The van der Waals surface area contributed by atoms with Gasteiger partial charge in [0.25, 0.3) is 0 Å². The number of nitrogens with one attached hydrogen (secondary N) is 2. The molecule has 4 nitrogen and oxygen atoms in total. The van der Waals surface area contributed by atoms with Crippen molar-refractivity contribution in [2.45, 2.75) is 32.7 Å². The topological polar surface area (TPSA) is 44.4 Å². The Morgan fingerprint density at radius 3 is 3.00 bits per heavy atom. The van der Waals surface area contributed by atoms with Gasteiger partial charge in [0.2, 0.25) is 5.91 Å². The fourth-order valence-electron chi connectivity index (χ4n) is 3.11. The molecule has 1 saturated heterocycles. The first-order valence-corrected chi connectivity index (χ1v) is 7.62. The summed E-state index contributed by atoms with van der Waals surface area (Å²) in [5.74, 6) is 0.831. The second-order valence-electron chi connectivity index (χ2n) is 5.99. The van der Waals surface area contributed by atoms with Gasteiger partial charge in [-0.25, -0.2) is 0 Å². The Morgan fingerprint density at radius 2 is 2.30 bits per heavy atom. The molecular formula is C16H23N3O. The Labute approximate surface area is 120 Å². The van der Waals surface area contributed by atoms with Crippen LogP contribution in [0, 0.1) is 5.92 Å². The van der Waals surface area contributed by atoms with Crippen molar-refractivity contribution in [3.63, 3.8) is 0 Å². The van der Waals surface area contributed by atoms with Gasteiger partial charge in [-0.1, -0.05) is 19.9 Å². The molecule has 2 N–H and O–H groups in total. The second-order valence-corrected chi connectivity index (χ2v) is 5.99. The van der Waals surface area contributed by atoms with Gasteiger partial charge in [0.05, 0.1) is 0 Å². The summed E-state index contributed by atoms with van der Waals surface area (Å²) in [6.07, 6.45) is 2.28. The van der Waals surface area contributed by atoms with Gasteiger partial charge >= 0.3 is 0 Å². The smallest absolute Gasteiger partial charge is 0.246 e. The molecule has 1 fully saturated rings. The maximum absolute atomic E-state index is 12.0. The molecular weight excluding hydrogens is 250 g/mol. The molecule has 0 radical (unpaired) electrons. The average Bonchev–Trinajstić information content (AvgIpc) is 2.99. The fourth-order valence-corrected chi connectivity index (χ4v) is 3.11. The Balaban J connectivity index is 1.80. The molecule has 0 aromatic heterocycles. The first-order valence-electron chi connectivity index (χ1n) is 7.62. The molecule has 0 saturated carbocycles. The van der Waals surface area contributed by atoms with E-state index >= 15 is 0 Å². The first kappa shape index (κ1) is 13.4. The SMILES string of the molecule is CCCNC1C(=O)Nc2cc(N3CCC(C)C3)ccc21. The monoisotopic (exact) mass is 273 g/mol. The minimum absolute atomic E-state index is 0.0698. The third-order valence-corrected chi connectivity index (χ3v) is 4.26. The van der Waals surface area contributed by atoms with Crippen LogP contribution in [-0.2, 0) is 4.79 Å². The Kier molecular flexibility index (Phi) is 3.66. The van der Waals surface area contributed by atoms with E-state index in [1.807, 2.05) is 0 Å². The zero-order valence-electron chi connectivity index (χ0n) is 12.3. The molecule has 20 heavy (non-hydrogen) atoms. The van der Waals surface area contributed by atoms with Crippen LogP contribution in [-0.4, -0.2) is 25.5 Å². The summed E-state index contributed by atoms with van der Waals surface area (Å²) < 4.78 is 0. The van der Waals surface area contributed by atoms with Gasteiger partial charge in [0.1, 0.15) is 6.04 Å². The highest BCUT2D eigenvalue weighted by Gasteiger charge is 2.30. The third-order valence-electron chi connectivity index (χ3n) is 4.26. The molecule has 4 heteroatoms. The van der Waals surface area contributed by atoms with E-state index in [0.29, 0.717) is 0 Å². The molecule has 2 aliphatic heterocycles. The lowest BCUT2D eigenvalue weighted by molar-refractivity contribution is -0.117. The number of amides is 1. The average molecular weight is 273 g/mol. The first-order chi connectivity index (χ1) is 9.69. The fraction of sp³-hybridized carbons (Fsp3) is 0.562. The minimum Gasteiger partial charge on any atom is -0.371 e. The molecule has 2 atom stereocenters. The van der Waals surface area contributed by atoms with Gasteiger partial charge < -0.3 is 15.5 Å². The van der Waals surface area contributed by atoms with Crippen molar-refractivity contribution in [3.8, 4) is 0 Å². The van der Waals surface area contributed by atoms with Crippen LogP contribution < -0.4 is 15.5 Å². The van der Waals surface area contributed by atoms with Crippen LogP contribution in [0.25, 0.3) is 0 Å². The van der Waals surface area contributed by atoms with Crippen molar-refractivity contribution in [2.75, 3.05) is 29.9 Å². The van der Waals surface area contributed by atoms with Crippen LogP contribution in [0.2, 0.25) is 0 Å². The highest BCUT2D eigenvalue weighted by atomic mass is 16.2. The van der Waals surface area contributed by atoms with E-state index in [4.69, 9.17) is 0 Å². The van der Waals surface area contributed by atoms with Crippen LogP contribution in [0.1, 0.15) is 38.3 Å². The lowest BCUT2D eigenvalue weighted by Crippen LogP contribution is -2.27. The summed E-state index contributed by atoms with van der Waals surface area (Å²) in [6.45, 7) is 7.50. The molecule has 0 aliphatic carbocycles. The summed E-state index contributed by atoms with van der Waals surface area (Å²) in [5, 5.41) is 6.31. The Bertz CT molecular complexity index is 514. The molecule has 1 aromatic carbocycles. The number of rotatable bonds is 4. The zero-order chi connectivity index (χ0) is 14.1. The molecule has 2 heterocycles. The quantitative estimate of drug-likeness (QED) is 0.886. The van der Waals surface area contributed by atoms with Gasteiger partial charge in [-0.2, -0.15) is 0 Å². The van der Waals surface area contributed by atoms with E-state index in [9.17, 15) is 4.79 Å². The van der Waals surface area contributed by atoms with Crippen LogP contribution in [0.15, 0.2) is 18.2 Å². The number of carbonyl (C=O) groups is 1. The second kappa shape index (κ2) is 5.44. The van der Waals surface area contributed by atoms with Crippen LogP contribution in [0.5, 0.6) is 0 Å². The molecule has 0 spiro atoms. The van der Waals surface area contributed by atoms with E-state index in [1.165, 1.54) is 12.1 Å². The zero-order valence-corrected chi connectivity index (χ0v) is 12.3. The summed E-state index contributed by atoms with van der Waals surface area (Å²) in [6, 6.07) is 6.19. The predicted molar refractivity (Wildman–Crippen MR) is 82.1 cm³/mol. The summed E-state index contributed by atoms with van der Waals surface area (Å²) >= 11 is 0. The molecule has 2 aliphatic rings. The van der Waals surface area contributed by atoms with E-state index < -0.39 is 0 Å². The highest BCUT2D eigenvalue weighted by Crippen LogP contribution is 2.35. The van der Waals surface area contributed by atoms with Crippen molar-refractivity contribution in [1.82, 2.24) is 5.32 Å². The normalized spacial score (nSPS) is 24.9. The van der Waals surface area contributed by atoms with Crippen LogP contribution in [0.3, 0.4) is 0 Å². The van der Waals surface area contributed by atoms with Gasteiger partial charge in [0.15, 0.2) is 0 Å². The number of hydrogen-bond donors (Lipinski definition) is 2.